The van der Waals surface area contributed by atoms with Crippen molar-refractivity contribution in [1.82, 2.24) is 10.6 Å². The summed E-state index contributed by atoms with van der Waals surface area (Å²) in [6.45, 7) is 5.57. The third-order valence-electron chi connectivity index (χ3n) is 4.35. The summed E-state index contributed by atoms with van der Waals surface area (Å²) in [6, 6.07) is 0.289. The van der Waals surface area contributed by atoms with Crippen molar-refractivity contribution in [2.45, 2.75) is 90.1 Å². The zero-order valence-electron chi connectivity index (χ0n) is 13.3. The molecule has 0 aromatic heterocycles. The normalized spacial score (nSPS) is 19.1. The summed E-state index contributed by atoms with van der Waals surface area (Å²) in [7, 11) is 0. The first-order chi connectivity index (χ1) is 9.54. The molecule has 116 valence electrons. The number of rotatable bonds is 7. The molecule has 0 bridgehead atoms. The van der Waals surface area contributed by atoms with E-state index >= 15 is 0 Å². The van der Waals surface area contributed by atoms with Crippen LogP contribution in [0.4, 0.5) is 0 Å². The predicted molar refractivity (Wildman–Crippen MR) is 81.4 cm³/mol. The Kier molecular flexibility index (Phi) is 7.03. The van der Waals surface area contributed by atoms with Gasteiger partial charge in [-0.3, -0.25) is 9.59 Å². The zero-order chi connectivity index (χ0) is 15.0. The van der Waals surface area contributed by atoms with Crippen LogP contribution in [0.5, 0.6) is 0 Å². The molecule has 0 aliphatic heterocycles. The van der Waals surface area contributed by atoms with E-state index in [0.29, 0.717) is 6.42 Å². The van der Waals surface area contributed by atoms with Gasteiger partial charge >= 0.3 is 0 Å². The molecule has 2 N–H and O–H groups in total. The summed E-state index contributed by atoms with van der Waals surface area (Å²) < 4.78 is 0. The molecule has 0 radical (unpaired) electrons. The number of unbranched alkanes of at least 4 members (excludes halogenated alkanes) is 1. The molecule has 1 unspecified atom stereocenters. The second-order valence-electron chi connectivity index (χ2n) is 6.03. The van der Waals surface area contributed by atoms with Gasteiger partial charge < -0.3 is 10.6 Å². The topological polar surface area (TPSA) is 58.2 Å². The van der Waals surface area contributed by atoms with Crippen molar-refractivity contribution in [3.63, 3.8) is 0 Å². The Morgan fingerprint density at radius 3 is 2.30 bits per heavy atom. The van der Waals surface area contributed by atoms with Gasteiger partial charge in [-0.05, 0) is 25.7 Å². The summed E-state index contributed by atoms with van der Waals surface area (Å²) >= 11 is 0. The molecule has 1 atom stereocenters. The molecule has 1 aliphatic rings. The van der Waals surface area contributed by atoms with Crippen molar-refractivity contribution < 1.29 is 9.59 Å². The first-order valence-corrected chi connectivity index (χ1v) is 8.13. The van der Waals surface area contributed by atoms with Crippen LogP contribution in [-0.2, 0) is 9.59 Å². The molecule has 0 saturated heterocycles. The van der Waals surface area contributed by atoms with Gasteiger partial charge in [0.2, 0.25) is 11.8 Å². The van der Waals surface area contributed by atoms with Crippen molar-refractivity contribution >= 4 is 11.8 Å². The van der Waals surface area contributed by atoms with E-state index in [1.54, 1.807) is 0 Å². The van der Waals surface area contributed by atoms with Crippen molar-refractivity contribution in [1.29, 1.82) is 0 Å². The molecule has 1 saturated carbocycles. The van der Waals surface area contributed by atoms with Gasteiger partial charge in [-0.2, -0.15) is 0 Å². The van der Waals surface area contributed by atoms with Crippen LogP contribution in [0.25, 0.3) is 0 Å². The highest BCUT2D eigenvalue weighted by molar-refractivity contribution is 5.91. The first-order valence-electron chi connectivity index (χ1n) is 8.13. The minimum absolute atomic E-state index is 0.00977. The Morgan fingerprint density at radius 2 is 1.80 bits per heavy atom. The fourth-order valence-electron chi connectivity index (χ4n) is 3.04. The first kappa shape index (κ1) is 17.0. The number of hydrogen-bond acceptors (Lipinski definition) is 2. The Hall–Kier alpha value is -1.06. The molecule has 2 amide bonds. The van der Waals surface area contributed by atoms with Crippen LogP contribution < -0.4 is 10.6 Å². The third kappa shape index (κ3) is 4.80. The Balaban J connectivity index is 2.72. The minimum Gasteiger partial charge on any atom is -0.351 e. The van der Waals surface area contributed by atoms with Gasteiger partial charge in [-0.25, -0.2) is 0 Å². The Bertz CT molecular complexity index is 324. The lowest BCUT2D eigenvalue weighted by atomic mass is 9.87. The van der Waals surface area contributed by atoms with E-state index in [9.17, 15) is 9.59 Å². The number of amides is 2. The number of carbonyl (C=O) groups excluding carboxylic acids is 2. The molecule has 1 rings (SSSR count). The van der Waals surface area contributed by atoms with Crippen molar-refractivity contribution in [2.24, 2.45) is 0 Å². The van der Waals surface area contributed by atoms with Crippen LogP contribution >= 0.6 is 0 Å². The predicted octanol–water partition coefficient (Wildman–Crippen LogP) is 2.91. The Morgan fingerprint density at radius 1 is 1.15 bits per heavy atom. The summed E-state index contributed by atoms with van der Waals surface area (Å²) in [5.41, 5.74) is -0.723. The van der Waals surface area contributed by atoms with Crippen LogP contribution in [0.3, 0.4) is 0 Å². The largest absolute Gasteiger partial charge is 0.351 e. The lowest BCUT2D eigenvalue weighted by Crippen LogP contribution is -2.59. The van der Waals surface area contributed by atoms with E-state index in [2.05, 4.69) is 17.6 Å². The van der Waals surface area contributed by atoms with Crippen LogP contribution in [-0.4, -0.2) is 23.4 Å². The maximum Gasteiger partial charge on any atom is 0.245 e. The molecule has 0 aromatic carbocycles. The average molecular weight is 282 g/mol. The van der Waals surface area contributed by atoms with Gasteiger partial charge in [0, 0.05) is 13.0 Å². The molecular formula is C16H30N2O2. The van der Waals surface area contributed by atoms with Crippen LogP contribution in [0.2, 0.25) is 0 Å². The summed E-state index contributed by atoms with van der Waals surface area (Å²) in [4.78, 5) is 24.2. The molecule has 0 aromatic rings. The highest BCUT2D eigenvalue weighted by Gasteiger charge is 2.37. The number of carbonyl (C=O) groups is 2. The second kappa shape index (κ2) is 8.28. The Labute approximate surface area is 123 Å². The van der Waals surface area contributed by atoms with Gasteiger partial charge in [0.25, 0.3) is 0 Å². The van der Waals surface area contributed by atoms with Crippen LogP contribution in [0.1, 0.15) is 78.6 Å². The van der Waals surface area contributed by atoms with E-state index < -0.39 is 5.54 Å². The van der Waals surface area contributed by atoms with Gasteiger partial charge in [0.05, 0.1) is 0 Å². The highest BCUT2D eigenvalue weighted by atomic mass is 16.2. The summed E-state index contributed by atoms with van der Waals surface area (Å²) in [5.74, 6) is -0.114. The van der Waals surface area contributed by atoms with Crippen molar-refractivity contribution in [3.8, 4) is 0 Å². The highest BCUT2D eigenvalue weighted by Crippen LogP contribution is 2.22. The molecule has 0 heterocycles. The van der Waals surface area contributed by atoms with E-state index in [1.807, 2.05) is 6.92 Å². The van der Waals surface area contributed by atoms with E-state index in [-0.39, 0.29) is 17.9 Å². The van der Waals surface area contributed by atoms with Gasteiger partial charge in [0.15, 0.2) is 0 Å². The maximum atomic E-state index is 12.7. The maximum absolute atomic E-state index is 12.7. The van der Waals surface area contributed by atoms with Gasteiger partial charge in [-0.15, -0.1) is 0 Å². The van der Waals surface area contributed by atoms with E-state index in [4.69, 9.17) is 0 Å². The molecular weight excluding hydrogens is 252 g/mol. The quantitative estimate of drug-likeness (QED) is 0.754. The lowest BCUT2D eigenvalue weighted by Gasteiger charge is -2.35. The molecule has 1 aliphatic carbocycles. The summed E-state index contributed by atoms with van der Waals surface area (Å²) in [6.07, 6.45) is 9.14. The van der Waals surface area contributed by atoms with E-state index in [1.165, 1.54) is 26.2 Å². The lowest BCUT2D eigenvalue weighted by molar-refractivity contribution is -0.134. The molecule has 20 heavy (non-hydrogen) atoms. The number of nitrogens with one attached hydrogen (secondary N) is 2. The van der Waals surface area contributed by atoms with Gasteiger partial charge in [0.1, 0.15) is 5.54 Å². The molecule has 4 nitrogen and oxygen atoms in total. The van der Waals surface area contributed by atoms with Crippen molar-refractivity contribution in [3.05, 3.63) is 0 Å². The van der Waals surface area contributed by atoms with Crippen molar-refractivity contribution in [2.75, 3.05) is 0 Å². The SMILES string of the molecule is CCCCC(CC)(NC(C)=O)C(=O)NC1CCCCC1. The average Bonchev–Trinajstić information content (AvgIpc) is 2.44. The fourth-order valence-corrected chi connectivity index (χ4v) is 3.04. The molecule has 4 heteroatoms. The number of hydrogen-bond donors (Lipinski definition) is 2. The third-order valence-corrected chi connectivity index (χ3v) is 4.35. The van der Waals surface area contributed by atoms with E-state index in [0.717, 1.165) is 32.1 Å². The second-order valence-corrected chi connectivity index (χ2v) is 6.03. The molecule has 1 fully saturated rings. The summed E-state index contributed by atoms with van der Waals surface area (Å²) in [5, 5.41) is 6.09. The van der Waals surface area contributed by atoms with Gasteiger partial charge in [-0.1, -0.05) is 46.0 Å². The smallest absolute Gasteiger partial charge is 0.245 e. The van der Waals surface area contributed by atoms with Crippen LogP contribution in [0, 0.1) is 0 Å². The van der Waals surface area contributed by atoms with Crippen LogP contribution in [0.15, 0.2) is 0 Å². The zero-order valence-corrected chi connectivity index (χ0v) is 13.3. The molecule has 0 spiro atoms. The minimum atomic E-state index is -0.723. The fraction of sp³-hybridized carbons (Fsp3) is 0.875. The monoisotopic (exact) mass is 282 g/mol. The standard InChI is InChI=1S/C16H30N2O2/c1-4-6-12-16(5-2,18-13(3)19)15(20)17-14-10-8-7-9-11-14/h14H,4-12H2,1-3H3,(H,17,20)(H,18,19).